The standard InChI is InChI=1S/C23H26FN3O2/c24-18-5-7-19(8-6-18)26-10-9-25(23(26)29)14-16-1-3-17(4-2-16)15-27-20-11-21(27)13-22(28)12-20/h1-8,20-22,28H,9-15H2. The second-order valence-corrected chi connectivity index (χ2v) is 8.49. The van der Waals surface area contributed by atoms with E-state index in [2.05, 4.69) is 29.2 Å². The highest BCUT2D eigenvalue weighted by Gasteiger charge is 2.44. The Morgan fingerprint density at radius 2 is 1.48 bits per heavy atom. The molecule has 0 saturated carbocycles. The van der Waals surface area contributed by atoms with Gasteiger partial charge < -0.3 is 10.0 Å². The van der Waals surface area contributed by atoms with Crippen LogP contribution in [0.4, 0.5) is 14.9 Å². The molecule has 3 aliphatic rings. The number of halogens is 1. The number of carbonyl (C=O) groups is 1. The zero-order valence-corrected chi connectivity index (χ0v) is 16.4. The Hall–Kier alpha value is -2.44. The third-order valence-electron chi connectivity index (χ3n) is 6.57. The zero-order chi connectivity index (χ0) is 20.0. The second-order valence-electron chi connectivity index (χ2n) is 8.49. The lowest BCUT2D eigenvalue weighted by atomic mass is 9.78. The number of fused-ring (bicyclic) bond motifs is 2. The molecule has 3 aliphatic heterocycles. The molecule has 2 aromatic rings. The van der Waals surface area contributed by atoms with Crippen molar-refractivity contribution in [3.05, 3.63) is 65.5 Å². The predicted octanol–water partition coefficient (Wildman–Crippen LogP) is 3.37. The van der Waals surface area contributed by atoms with Crippen LogP contribution in [0.25, 0.3) is 0 Å². The van der Waals surface area contributed by atoms with Gasteiger partial charge in [0.25, 0.3) is 0 Å². The van der Waals surface area contributed by atoms with E-state index in [1.807, 2.05) is 4.90 Å². The summed E-state index contributed by atoms with van der Waals surface area (Å²) >= 11 is 0. The van der Waals surface area contributed by atoms with Gasteiger partial charge in [0, 0.05) is 44.0 Å². The van der Waals surface area contributed by atoms with Crippen LogP contribution >= 0.6 is 0 Å². The highest BCUT2D eigenvalue weighted by Crippen LogP contribution is 2.39. The third kappa shape index (κ3) is 3.63. The SMILES string of the molecule is O=C1N(Cc2ccc(CN3C4CC(O)CC3C4)cc2)CCN1c1ccc(F)cc1. The molecular formula is C23H26FN3O2. The molecular weight excluding hydrogens is 369 g/mol. The molecule has 152 valence electrons. The maximum Gasteiger partial charge on any atom is 0.324 e. The van der Waals surface area contributed by atoms with Crippen LogP contribution in [-0.4, -0.2) is 52.2 Å². The number of urea groups is 1. The number of carbonyl (C=O) groups excluding carboxylic acids is 1. The van der Waals surface area contributed by atoms with E-state index >= 15 is 0 Å². The van der Waals surface area contributed by atoms with Crippen LogP contribution in [-0.2, 0) is 13.1 Å². The minimum Gasteiger partial charge on any atom is -0.393 e. The largest absolute Gasteiger partial charge is 0.393 e. The number of benzene rings is 2. The molecule has 2 atom stereocenters. The summed E-state index contributed by atoms with van der Waals surface area (Å²) in [5.74, 6) is -0.296. The summed E-state index contributed by atoms with van der Waals surface area (Å²) in [5, 5.41) is 9.81. The average Bonchev–Trinajstić information content (AvgIpc) is 3.08. The number of rotatable bonds is 5. The van der Waals surface area contributed by atoms with Crippen LogP contribution in [0, 0.1) is 5.82 Å². The summed E-state index contributed by atoms with van der Waals surface area (Å²) in [6.45, 7) is 2.80. The van der Waals surface area contributed by atoms with Gasteiger partial charge in [-0.05, 0) is 54.7 Å². The first kappa shape index (κ1) is 18.6. The van der Waals surface area contributed by atoms with Crippen molar-refractivity contribution in [3.63, 3.8) is 0 Å². The topological polar surface area (TPSA) is 47.0 Å². The predicted molar refractivity (Wildman–Crippen MR) is 109 cm³/mol. The van der Waals surface area contributed by atoms with Crippen LogP contribution in [0.1, 0.15) is 30.4 Å². The molecule has 0 radical (unpaired) electrons. The van der Waals surface area contributed by atoms with Crippen LogP contribution in [0.2, 0.25) is 0 Å². The van der Waals surface area contributed by atoms with E-state index in [0.29, 0.717) is 31.7 Å². The van der Waals surface area contributed by atoms with Crippen molar-refractivity contribution in [2.45, 2.75) is 50.5 Å². The average molecular weight is 395 g/mol. The number of amides is 2. The molecule has 0 aromatic heterocycles. The molecule has 2 amide bonds. The van der Waals surface area contributed by atoms with Gasteiger partial charge in [-0.2, -0.15) is 0 Å². The number of aliphatic hydroxyl groups excluding tert-OH is 1. The number of piperidine rings is 1. The van der Waals surface area contributed by atoms with Gasteiger partial charge in [-0.15, -0.1) is 0 Å². The number of hydrogen-bond acceptors (Lipinski definition) is 3. The van der Waals surface area contributed by atoms with Gasteiger partial charge in [0.1, 0.15) is 5.82 Å². The monoisotopic (exact) mass is 395 g/mol. The highest BCUT2D eigenvalue weighted by atomic mass is 19.1. The number of nitrogens with zero attached hydrogens (tertiary/aromatic N) is 3. The Bertz CT molecular complexity index is 874. The molecule has 3 saturated heterocycles. The van der Waals surface area contributed by atoms with Gasteiger partial charge in [0.2, 0.25) is 0 Å². The van der Waals surface area contributed by atoms with Crippen LogP contribution in [0.15, 0.2) is 48.5 Å². The normalized spacial score (nSPS) is 26.7. The van der Waals surface area contributed by atoms with Crippen molar-refractivity contribution in [1.29, 1.82) is 0 Å². The molecule has 2 bridgehead atoms. The zero-order valence-electron chi connectivity index (χ0n) is 16.4. The molecule has 0 spiro atoms. The quantitative estimate of drug-likeness (QED) is 0.845. The van der Waals surface area contributed by atoms with Gasteiger partial charge in [-0.25, -0.2) is 9.18 Å². The number of anilines is 1. The van der Waals surface area contributed by atoms with E-state index in [1.165, 1.54) is 24.1 Å². The van der Waals surface area contributed by atoms with Crippen molar-refractivity contribution < 1.29 is 14.3 Å². The number of aliphatic hydroxyl groups is 1. The van der Waals surface area contributed by atoms with Gasteiger partial charge in [-0.1, -0.05) is 24.3 Å². The van der Waals surface area contributed by atoms with Crippen molar-refractivity contribution in [3.8, 4) is 0 Å². The molecule has 5 rings (SSSR count). The third-order valence-corrected chi connectivity index (χ3v) is 6.57. The van der Waals surface area contributed by atoms with Crippen LogP contribution in [0.5, 0.6) is 0 Å². The highest BCUT2D eigenvalue weighted by molar-refractivity contribution is 5.94. The van der Waals surface area contributed by atoms with E-state index in [4.69, 9.17) is 0 Å². The fraction of sp³-hybridized carbons (Fsp3) is 0.435. The fourth-order valence-electron chi connectivity index (χ4n) is 4.96. The van der Waals surface area contributed by atoms with E-state index in [0.717, 1.165) is 30.6 Å². The minimum atomic E-state index is -0.296. The molecule has 0 aliphatic carbocycles. The van der Waals surface area contributed by atoms with E-state index in [9.17, 15) is 14.3 Å². The van der Waals surface area contributed by atoms with Crippen molar-refractivity contribution in [1.82, 2.24) is 9.80 Å². The van der Waals surface area contributed by atoms with Gasteiger partial charge in [-0.3, -0.25) is 9.80 Å². The first-order valence-electron chi connectivity index (χ1n) is 10.4. The Morgan fingerprint density at radius 3 is 2.14 bits per heavy atom. The van der Waals surface area contributed by atoms with E-state index in [1.54, 1.807) is 17.0 Å². The smallest absolute Gasteiger partial charge is 0.324 e. The van der Waals surface area contributed by atoms with Crippen molar-refractivity contribution >= 4 is 11.7 Å². The maximum absolute atomic E-state index is 13.1. The summed E-state index contributed by atoms with van der Waals surface area (Å²) < 4.78 is 13.1. The number of hydrogen-bond donors (Lipinski definition) is 1. The summed E-state index contributed by atoms with van der Waals surface area (Å²) in [6, 6.07) is 15.6. The van der Waals surface area contributed by atoms with E-state index in [-0.39, 0.29) is 18.0 Å². The molecule has 3 fully saturated rings. The molecule has 1 N–H and O–H groups in total. The Balaban J connectivity index is 1.18. The maximum atomic E-state index is 13.1. The first-order valence-corrected chi connectivity index (χ1v) is 10.4. The molecule has 2 unspecified atom stereocenters. The van der Waals surface area contributed by atoms with Crippen molar-refractivity contribution in [2.75, 3.05) is 18.0 Å². The van der Waals surface area contributed by atoms with Crippen LogP contribution in [0.3, 0.4) is 0 Å². The van der Waals surface area contributed by atoms with Gasteiger partial charge >= 0.3 is 6.03 Å². The lowest BCUT2D eigenvalue weighted by Crippen LogP contribution is -2.61. The first-order chi connectivity index (χ1) is 14.1. The lowest BCUT2D eigenvalue weighted by Gasteiger charge is -2.54. The molecule has 6 heteroatoms. The van der Waals surface area contributed by atoms with Gasteiger partial charge in [0.15, 0.2) is 0 Å². The fourth-order valence-corrected chi connectivity index (χ4v) is 4.96. The van der Waals surface area contributed by atoms with E-state index < -0.39 is 0 Å². The Labute approximate surface area is 170 Å². The molecule has 2 aromatic carbocycles. The minimum absolute atomic E-state index is 0.0346. The Morgan fingerprint density at radius 1 is 0.862 bits per heavy atom. The van der Waals surface area contributed by atoms with Crippen LogP contribution < -0.4 is 4.90 Å². The summed E-state index contributed by atoms with van der Waals surface area (Å²) in [4.78, 5) is 18.8. The molecule has 3 heterocycles. The summed E-state index contributed by atoms with van der Waals surface area (Å²) in [7, 11) is 0. The second kappa shape index (κ2) is 7.43. The summed E-state index contributed by atoms with van der Waals surface area (Å²) in [5.41, 5.74) is 3.13. The molecule has 29 heavy (non-hydrogen) atoms. The van der Waals surface area contributed by atoms with Crippen molar-refractivity contribution in [2.24, 2.45) is 0 Å². The lowest BCUT2D eigenvalue weighted by molar-refractivity contribution is -0.0863. The summed E-state index contributed by atoms with van der Waals surface area (Å²) in [6.07, 6.45) is 2.90. The Kier molecular flexibility index (Phi) is 4.76. The molecule has 5 nitrogen and oxygen atoms in total. The van der Waals surface area contributed by atoms with Gasteiger partial charge in [0.05, 0.1) is 6.10 Å².